The first kappa shape index (κ1) is 26.0. The fraction of sp³-hybridized carbons (Fsp3) is 0.433. The number of hydrogen-bond donors (Lipinski definition) is 0. The number of hydrogen-bond acceptors (Lipinski definition) is 8. The van der Waals surface area contributed by atoms with E-state index in [0.717, 1.165) is 53.0 Å². The fourth-order valence-electron chi connectivity index (χ4n) is 5.77. The monoisotopic (exact) mass is 545 g/mol. The van der Waals surface area contributed by atoms with Gasteiger partial charge in [-0.25, -0.2) is 14.3 Å². The van der Waals surface area contributed by atoms with Crippen molar-refractivity contribution in [1.29, 1.82) is 0 Å². The third-order valence-electron chi connectivity index (χ3n) is 7.64. The molecule has 39 heavy (non-hydrogen) atoms. The van der Waals surface area contributed by atoms with E-state index in [4.69, 9.17) is 19.6 Å². The van der Waals surface area contributed by atoms with Crippen LogP contribution in [0.15, 0.2) is 54.7 Å². The largest absolute Gasteiger partial charge is 0.462 e. The van der Waals surface area contributed by atoms with Gasteiger partial charge in [0.15, 0.2) is 0 Å². The normalized spacial score (nSPS) is 20.9. The number of esters is 1. The molecule has 0 saturated carbocycles. The molecule has 4 heterocycles. The lowest BCUT2D eigenvalue weighted by atomic mass is 10.0. The Kier molecular flexibility index (Phi) is 7.38. The lowest BCUT2D eigenvalue weighted by Gasteiger charge is -2.44. The highest BCUT2D eigenvalue weighted by Crippen LogP contribution is 2.31. The van der Waals surface area contributed by atoms with E-state index in [9.17, 15) is 4.79 Å². The molecule has 2 aromatic carbocycles. The second-order valence-electron chi connectivity index (χ2n) is 10.5. The Bertz CT molecular complexity index is 1380. The summed E-state index contributed by atoms with van der Waals surface area (Å²) in [5.74, 6) is -0.311. The quantitative estimate of drug-likeness (QED) is 0.301. The van der Waals surface area contributed by atoms with E-state index in [1.54, 1.807) is 30.4 Å². The summed E-state index contributed by atoms with van der Waals surface area (Å²) < 4.78 is 12.8. The Hall–Kier alpha value is -3.27. The molecule has 0 amide bonds. The van der Waals surface area contributed by atoms with Gasteiger partial charge in [-0.05, 0) is 70.0 Å². The first-order valence-electron chi connectivity index (χ1n) is 13.9. The molecule has 2 aliphatic rings. The molecule has 0 N–H and O–H groups in total. The predicted molar refractivity (Wildman–Crippen MR) is 155 cm³/mol. The molecule has 0 radical (unpaired) electrons. The maximum atomic E-state index is 11.9. The van der Waals surface area contributed by atoms with Gasteiger partial charge >= 0.3 is 5.97 Å². The molecule has 0 spiro atoms. The number of anilines is 1. The van der Waals surface area contributed by atoms with Crippen molar-refractivity contribution in [3.8, 4) is 21.8 Å². The standard InChI is InChI=1S/C30H35N5O3S/c1-4-37-29(36)24-7-5-22(6-8-24)27-19-35-30(31-27)39-28(32-35)23-9-11-25(12-10-23)33-15-13-26(14-16-33)34-17-20(2)38-21(3)18-34/h5-12,19-21,26H,4,13-18H2,1-3H3. The molecule has 204 valence electrons. The van der Waals surface area contributed by atoms with Crippen LogP contribution in [0.25, 0.3) is 26.8 Å². The van der Waals surface area contributed by atoms with Gasteiger partial charge in [-0.1, -0.05) is 23.5 Å². The van der Waals surface area contributed by atoms with Crippen LogP contribution in [0, 0.1) is 0 Å². The zero-order valence-corrected chi connectivity index (χ0v) is 23.6. The number of fused-ring (bicyclic) bond motifs is 1. The topological polar surface area (TPSA) is 72.2 Å². The molecule has 2 saturated heterocycles. The van der Waals surface area contributed by atoms with Gasteiger partial charge in [0.25, 0.3) is 0 Å². The third kappa shape index (κ3) is 5.57. The van der Waals surface area contributed by atoms with Crippen molar-refractivity contribution in [2.45, 2.75) is 51.9 Å². The molecule has 2 unspecified atom stereocenters. The zero-order chi connectivity index (χ0) is 26.9. The smallest absolute Gasteiger partial charge is 0.338 e. The number of morpholine rings is 1. The van der Waals surface area contributed by atoms with Crippen LogP contribution < -0.4 is 4.90 Å². The molecule has 8 nitrogen and oxygen atoms in total. The van der Waals surface area contributed by atoms with Crippen LogP contribution in [-0.2, 0) is 9.47 Å². The number of benzene rings is 2. The van der Waals surface area contributed by atoms with Gasteiger partial charge < -0.3 is 14.4 Å². The first-order chi connectivity index (χ1) is 19.0. The van der Waals surface area contributed by atoms with Crippen molar-refractivity contribution in [1.82, 2.24) is 19.5 Å². The summed E-state index contributed by atoms with van der Waals surface area (Å²) in [6.45, 7) is 10.8. The summed E-state index contributed by atoms with van der Waals surface area (Å²) in [5, 5.41) is 5.73. The van der Waals surface area contributed by atoms with E-state index in [1.165, 1.54) is 18.5 Å². The van der Waals surface area contributed by atoms with Crippen molar-refractivity contribution < 1.29 is 14.3 Å². The van der Waals surface area contributed by atoms with Gasteiger partial charge in [0.1, 0.15) is 5.01 Å². The second-order valence-corrected chi connectivity index (χ2v) is 11.5. The predicted octanol–water partition coefficient (Wildman–Crippen LogP) is 5.38. The molecule has 2 aliphatic heterocycles. The van der Waals surface area contributed by atoms with E-state index in [0.29, 0.717) is 30.4 Å². The van der Waals surface area contributed by atoms with Crippen LogP contribution in [0.4, 0.5) is 5.69 Å². The van der Waals surface area contributed by atoms with E-state index in [-0.39, 0.29) is 5.97 Å². The first-order valence-corrected chi connectivity index (χ1v) is 14.7. The minimum absolute atomic E-state index is 0.311. The number of piperidine rings is 1. The van der Waals surface area contributed by atoms with E-state index in [2.05, 4.69) is 47.9 Å². The molecule has 2 aromatic heterocycles. The van der Waals surface area contributed by atoms with Crippen LogP contribution in [0.5, 0.6) is 0 Å². The Morgan fingerprint density at radius 2 is 1.67 bits per heavy atom. The lowest BCUT2D eigenvalue weighted by molar-refractivity contribution is -0.0826. The summed E-state index contributed by atoms with van der Waals surface area (Å²) >= 11 is 1.58. The van der Waals surface area contributed by atoms with Crippen LogP contribution in [0.3, 0.4) is 0 Å². The van der Waals surface area contributed by atoms with Crippen molar-refractivity contribution in [3.05, 3.63) is 60.3 Å². The average molecular weight is 546 g/mol. The van der Waals surface area contributed by atoms with Crippen LogP contribution in [-0.4, -0.2) is 76.5 Å². The summed E-state index contributed by atoms with van der Waals surface area (Å²) in [5.41, 5.74) is 4.68. The van der Waals surface area contributed by atoms with Crippen molar-refractivity contribution >= 4 is 28.0 Å². The van der Waals surface area contributed by atoms with E-state index in [1.807, 2.05) is 22.8 Å². The number of imidazole rings is 1. The maximum absolute atomic E-state index is 11.9. The van der Waals surface area contributed by atoms with Gasteiger partial charge in [0.2, 0.25) is 4.96 Å². The van der Waals surface area contributed by atoms with Crippen molar-refractivity contribution in [3.63, 3.8) is 0 Å². The molecular weight excluding hydrogens is 510 g/mol. The summed E-state index contributed by atoms with van der Waals surface area (Å²) in [4.78, 5) is 22.7. The van der Waals surface area contributed by atoms with Gasteiger partial charge in [0.05, 0.1) is 36.3 Å². The van der Waals surface area contributed by atoms with Gasteiger partial charge in [-0.3, -0.25) is 4.90 Å². The molecule has 4 aromatic rings. The minimum Gasteiger partial charge on any atom is -0.462 e. The molecule has 9 heteroatoms. The number of aromatic nitrogens is 3. The number of carbonyl (C=O) groups is 1. The summed E-state index contributed by atoms with van der Waals surface area (Å²) in [6.07, 6.45) is 4.97. The Labute approximate surface area is 233 Å². The Morgan fingerprint density at radius 3 is 2.31 bits per heavy atom. The molecule has 2 fully saturated rings. The van der Waals surface area contributed by atoms with Crippen LogP contribution >= 0.6 is 11.3 Å². The molecule has 6 rings (SSSR count). The van der Waals surface area contributed by atoms with E-state index < -0.39 is 0 Å². The number of nitrogens with zero attached hydrogens (tertiary/aromatic N) is 5. The van der Waals surface area contributed by atoms with Crippen molar-refractivity contribution in [2.24, 2.45) is 0 Å². The number of ether oxygens (including phenoxy) is 2. The number of carbonyl (C=O) groups excluding carboxylic acids is 1. The zero-order valence-electron chi connectivity index (χ0n) is 22.7. The summed E-state index contributed by atoms with van der Waals surface area (Å²) in [6, 6.07) is 16.7. The highest BCUT2D eigenvalue weighted by atomic mass is 32.1. The molecule has 2 atom stereocenters. The molecular formula is C30H35N5O3S. The number of rotatable bonds is 6. The van der Waals surface area contributed by atoms with Gasteiger partial charge in [-0.2, -0.15) is 5.10 Å². The van der Waals surface area contributed by atoms with Crippen molar-refractivity contribution in [2.75, 3.05) is 37.7 Å². The van der Waals surface area contributed by atoms with E-state index >= 15 is 0 Å². The Morgan fingerprint density at radius 1 is 1.00 bits per heavy atom. The van der Waals surface area contributed by atoms with Crippen LogP contribution in [0.2, 0.25) is 0 Å². The lowest BCUT2D eigenvalue weighted by Crippen LogP contribution is -2.53. The molecule has 0 bridgehead atoms. The highest BCUT2D eigenvalue weighted by Gasteiger charge is 2.30. The van der Waals surface area contributed by atoms with Crippen LogP contribution in [0.1, 0.15) is 44.0 Å². The molecule has 0 aliphatic carbocycles. The Balaban J connectivity index is 1.09. The second kappa shape index (κ2) is 11.1. The third-order valence-corrected chi connectivity index (χ3v) is 8.61. The summed E-state index contributed by atoms with van der Waals surface area (Å²) in [7, 11) is 0. The minimum atomic E-state index is -0.311. The van der Waals surface area contributed by atoms with Gasteiger partial charge in [-0.15, -0.1) is 0 Å². The average Bonchev–Trinajstić information content (AvgIpc) is 3.53. The fourth-order valence-corrected chi connectivity index (χ4v) is 6.65. The SMILES string of the molecule is CCOC(=O)c1ccc(-c2cn3nc(-c4ccc(N5CCC(N6CC(C)OC(C)C6)CC5)cc4)sc3n2)cc1. The highest BCUT2D eigenvalue weighted by molar-refractivity contribution is 7.19. The maximum Gasteiger partial charge on any atom is 0.338 e. The van der Waals surface area contributed by atoms with Gasteiger partial charge in [0, 0.05) is 49.0 Å².